The number of methoxy groups -OCH3 is 2. The Labute approximate surface area is 271 Å². The predicted octanol–water partition coefficient (Wildman–Crippen LogP) is 7.61. The first-order valence-electron chi connectivity index (χ1n) is 13.7. The second-order valence-corrected chi connectivity index (χ2v) is 10.7. The molecule has 1 atom stereocenters. The van der Waals surface area contributed by atoms with Crippen molar-refractivity contribution in [1.82, 2.24) is 15.3 Å². The normalized spacial score (nSPS) is 14.7. The SMILES string of the molecule is COc1cc(NC(=O)Nc2ccc(Cl)c(C(F)(F)F)c2)ccc1Nc1ncc(Cl)c(Nc2ccc(C3CNCCO3)c(OC)c2)n1. The van der Waals surface area contributed by atoms with Gasteiger partial charge in [0.25, 0.3) is 0 Å². The number of aromatic nitrogens is 2. The van der Waals surface area contributed by atoms with Crippen LogP contribution in [0.5, 0.6) is 11.5 Å². The number of carbonyl (C=O) groups excluding carboxylic acids is 1. The average Bonchev–Trinajstić information content (AvgIpc) is 3.04. The zero-order valence-corrected chi connectivity index (χ0v) is 25.9. The second kappa shape index (κ2) is 14.3. The number of ether oxygens (including phenoxy) is 3. The highest BCUT2D eigenvalue weighted by atomic mass is 35.5. The van der Waals surface area contributed by atoms with Crippen molar-refractivity contribution >= 4 is 63.7 Å². The smallest absolute Gasteiger partial charge is 0.417 e. The molecule has 0 spiro atoms. The number of amides is 2. The van der Waals surface area contributed by atoms with Gasteiger partial charge >= 0.3 is 12.2 Å². The Balaban J connectivity index is 1.27. The van der Waals surface area contributed by atoms with Crippen molar-refractivity contribution in [3.05, 3.63) is 82.0 Å². The number of rotatable bonds is 9. The number of alkyl halides is 3. The third-order valence-corrected chi connectivity index (χ3v) is 7.36. The van der Waals surface area contributed by atoms with Crippen molar-refractivity contribution in [3.63, 3.8) is 0 Å². The quantitative estimate of drug-likeness (QED) is 0.121. The van der Waals surface area contributed by atoms with E-state index in [9.17, 15) is 18.0 Å². The monoisotopic (exact) mass is 677 g/mol. The summed E-state index contributed by atoms with van der Waals surface area (Å²) in [6, 6.07) is 12.6. The minimum Gasteiger partial charge on any atom is -0.496 e. The fourth-order valence-electron chi connectivity index (χ4n) is 4.58. The summed E-state index contributed by atoms with van der Waals surface area (Å²) in [6.07, 6.45) is -3.37. The summed E-state index contributed by atoms with van der Waals surface area (Å²) in [6.45, 7) is 2.09. The van der Waals surface area contributed by atoms with Crippen molar-refractivity contribution in [2.75, 3.05) is 55.2 Å². The molecule has 5 N–H and O–H groups in total. The van der Waals surface area contributed by atoms with Crippen LogP contribution < -0.4 is 36.1 Å². The van der Waals surface area contributed by atoms with Crippen molar-refractivity contribution in [2.45, 2.75) is 12.3 Å². The van der Waals surface area contributed by atoms with E-state index in [1.54, 1.807) is 19.2 Å². The van der Waals surface area contributed by atoms with Crippen LogP contribution >= 0.6 is 23.2 Å². The molecule has 1 aliphatic rings. The van der Waals surface area contributed by atoms with Gasteiger partial charge in [-0.15, -0.1) is 0 Å². The molecule has 1 aromatic heterocycles. The highest BCUT2D eigenvalue weighted by molar-refractivity contribution is 6.33. The molecular formula is C30H28Cl2F3N7O4. The number of halogens is 5. The average molecular weight is 678 g/mol. The van der Waals surface area contributed by atoms with Gasteiger partial charge in [-0.05, 0) is 36.4 Å². The Bertz CT molecular complexity index is 1720. The van der Waals surface area contributed by atoms with Gasteiger partial charge in [0.2, 0.25) is 5.95 Å². The number of nitrogens with one attached hydrogen (secondary N) is 5. The van der Waals surface area contributed by atoms with E-state index in [0.29, 0.717) is 47.5 Å². The number of nitrogens with zero attached hydrogens (tertiary/aromatic N) is 2. The third-order valence-electron chi connectivity index (χ3n) is 6.75. The molecule has 5 rings (SSSR count). The number of morpholine rings is 1. The lowest BCUT2D eigenvalue weighted by Crippen LogP contribution is -2.33. The minimum absolute atomic E-state index is 0.0892. The summed E-state index contributed by atoms with van der Waals surface area (Å²) in [5.41, 5.74) is 1.20. The maximum Gasteiger partial charge on any atom is 0.417 e. The fourth-order valence-corrected chi connectivity index (χ4v) is 4.94. The van der Waals surface area contributed by atoms with Gasteiger partial charge in [-0.25, -0.2) is 9.78 Å². The highest BCUT2D eigenvalue weighted by Gasteiger charge is 2.33. The first kappa shape index (κ1) is 32.9. The lowest BCUT2D eigenvalue weighted by molar-refractivity contribution is -0.137. The Hall–Kier alpha value is -4.50. The molecule has 0 radical (unpaired) electrons. The van der Waals surface area contributed by atoms with E-state index in [4.69, 9.17) is 37.4 Å². The van der Waals surface area contributed by atoms with Gasteiger partial charge in [0.05, 0.1) is 49.4 Å². The first-order chi connectivity index (χ1) is 22.0. The molecule has 0 saturated carbocycles. The van der Waals surface area contributed by atoms with E-state index in [0.717, 1.165) is 24.2 Å². The van der Waals surface area contributed by atoms with Crippen LogP contribution in [0, 0.1) is 0 Å². The third kappa shape index (κ3) is 8.01. The molecule has 0 aliphatic carbocycles. The maximum absolute atomic E-state index is 13.2. The molecule has 11 nitrogen and oxygen atoms in total. The summed E-state index contributed by atoms with van der Waals surface area (Å²) in [4.78, 5) is 21.2. The molecule has 1 fully saturated rings. The fraction of sp³-hybridized carbons (Fsp3) is 0.233. The number of benzene rings is 3. The Morgan fingerprint density at radius 3 is 2.33 bits per heavy atom. The summed E-state index contributed by atoms with van der Waals surface area (Å²) in [5.74, 6) is 1.48. The molecule has 2 amide bonds. The molecule has 1 aliphatic heterocycles. The van der Waals surface area contributed by atoms with E-state index in [2.05, 4.69) is 36.6 Å². The standard InChI is InChI=1S/C30H28Cl2F3N7O4/c1-44-24-12-17(3-6-19(24)26-15-36-9-10-46-26)38-27-22(32)14-37-28(42-27)41-23-8-5-18(13-25(23)45-2)40-29(43)39-16-4-7-21(31)20(11-16)30(33,34)35/h3-8,11-14,26,36H,9-10,15H2,1-2H3,(H2,39,40,43)(H2,37,38,41,42). The van der Waals surface area contributed by atoms with Gasteiger partial charge < -0.3 is 40.8 Å². The molecule has 3 aromatic carbocycles. The minimum atomic E-state index is -4.67. The van der Waals surface area contributed by atoms with E-state index in [1.165, 1.54) is 25.4 Å². The largest absolute Gasteiger partial charge is 0.496 e. The van der Waals surface area contributed by atoms with Crippen LogP contribution in [0.1, 0.15) is 17.2 Å². The molecular weight excluding hydrogens is 650 g/mol. The Morgan fingerprint density at radius 1 is 0.935 bits per heavy atom. The molecule has 2 heterocycles. The predicted molar refractivity (Wildman–Crippen MR) is 170 cm³/mol. The molecule has 4 aromatic rings. The number of urea groups is 1. The van der Waals surface area contributed by atoms with E-state index in [-0.39, 0.29) is 22.8 Å². The van der Waals surface area contributed by atoms with Crippen LogP contribution in [0.25, 0.3) is 0 Å². The molecule has 46 heavy (non-hydrogen) atoms. The molecule has 16 heteroatoms. The summed E-state index contributed by atoms with van der Waals surface area (Å²) in [7, 11) is 3.02. The van der Waals surface area contributed by atoms with Crippen LogP contribution in [0.3, 0.4) is 0 Å². The number of carbonyl (C=O) groups is 1. The van der Waals surface area contributed by atoms with Gasteiger partial charge in [0.15, 0.2) is 5.82 Å². The van der Waals surface area contributed by atoms with Gasteiger partial charge in [-0.2, -0.15) is 18.2 Å². The van der Waals surface area contributed by atoms with Gasteiger partial charge in [-0.1, -0.05) is 29.3 Å². The number of hydrogen-bond acceptors (Lipinski definition) is 9. The summed E-state index contributed by atoms with van der Waals surface area (Å²) < 4.78 is 56.4. The van der Waals surface area contributed by atoms with Crippen molar-refractivity contribution < 1.29 is 32.2 Å². The zero-order chi connectivity index (χ0) is 32.8. The number of anilines is 6. The lowest BCUT2D eigenvalue weighted by Gasteiger charge is -2.25. The van der Waals surface area contributed by atoms with Crippen LogP contribution in [-0.4, -0.2) is 49.9 Å². The van der Waals surface area contributed by atoms with Crippen molar-refractivity contribution in [3.8, 4) is 11.5 Å². The van der Waals surface area contributed by atoms with Crippen molar-refractivity contribution in [1.29, 1.82) is 0 Å². The molecule has 0 bridgehead atoms. The topological polar surface area (TPSA) is 131 Å². The maximum atomic E-state index is 13.2. The highest BCUT2D eigenvalue weighted by Crippen LogP contribution is 2.37. The van der Waals surface area contributed by atoms with E-state index < -0.39 is 22.8 Å². The number of hydrogen-bond donors (Lipinski definition) is 5. The molecule has 1 saturated heterocycles. The van der Waals surface area contributed by atoms with Gasteiger partial charge in [-0.3, -0.25) is 0 Å². The first-order valence-corrected chi connectivity index (χ1v) is 14.5. The summed E-state index contributed by atoms with van der Waals surface area (Å²) >= 11 is 12.0. The van der Waals surface area contributed by atoms with Crippen LogP contribution in [-0.2, 0) is 10.9 Å². The van der Waals surface area contributed by atoms with E-state index in [1.807, 2.05) is 18.2 Å². The Morgan fingerprint density at radius 2 is 1.63 bits per heavy atom. The van der Waals surface area contributed by atoms with Crippen LogP contribution in [0.4, 0.5) is 52.5 Å². The van der Waals surface area contributed by atoms with E-state index >= 15 is 0 Å². The van der Waals surface area contributed by atoms with Crippen LogP contribution in [0.15, 0.2) is 60.8 Å². The van der Waals surface area contributed by atoms with Gasteiger partial charge in [0.1, 0.15) is 16.5 Å². The Kier molecular flexibility index (Phi) is 10.2. The summed E-state index contributed by atoms with van der Waals surface area (Å²) in [5, 5.41) is 14.3. The van der Waals surface area contributed by atoms with Gasteiger partial charge in [0, 0.05) is 47.8 Å². The van der Waals surface area contributed by atoms with Crippen LogP contribution in [0.2, 0.25) is 10.0 Å². The molecule has 1 unspecified atom stereocenters. The molecule has 242 valence electrons. The van der Waals surface area contributed by atoms with Crippen molar-refractivity contribution in [2.24, 2.45) is 0 Å². The lowest BCUT2D eigenvalue weighted by atomic mass is 10.1. The second-order valence-electron chi connectivity index (χ2n) is 9.85. The zero-order valence-electron chi connectivity index (χ0n) is 24.4.